The average Bonchev–Trinajstić information content (AvgIpc) is 2.70. The van der Waals surface area contributed by atoms with Crippen molar-refractivity contribution in [2.45, 2.75) is 18.4 Å². The molecule has 1 amide bonds. The molecule has 0 spiro atoms. The minimum Gasteiger partial charge on any atom is -0.491 e. The Kier molecular flexibility index (Phi) is 9.10. The molecule has 0 fully saturated rings. The van der Waals surface area contributed by atoms with E-state index in [0.29, 0.717) is 42.8 Å². The van der Waals surface area contributed by atoms with Crippen molar-refractivity contribution >= 4 is 35.0 Å². The van der Waals surface area contributed by atoms with E-state index in [-0.39, 0.29) is 5.91 Å². The lowest BCUT2D eigenvalue weighted by Crippen LogP contribution is -2.38. The molecule has 0 unspecified atom stereocenters. The highest BCUT2D eigenvalue weighted by Gasteiger charge is 2.08. The third kappa shape index (κ3) is 7.58. The van der Waals surface area contributed by atoms with E-state index < -0.39 is 0 Å². The lowest BCUT2D eigenvalue weighted by atomic mass is 10.2. The van der Waals surface area contributed by atoms with Crippen LogP contribution in [0, 0.1) is 0 Å². The summed E-state index contributed by atoms with van der Waals surface area (Å²) in [7, 11) is 0. The van der Waals surface area contributed by atoms with Crippen molar-refractivity contribution in [3.05, 3.63) is 59.7 Å². The summed E-state index contributed by atoms with van der Waals surface area (Å²) in [4.78, 5) is 13.5. The normalized spacial score (nSPS) is 10.3. The Morgan fingerprint density at radius 1 is 1.07 bits per heavy atom. The summed E-state index contributed by atoms with van der Waals surface area (Å²) < 4.78 is 10.7. The number of hydrogen-bond donors (Lipinski definition) is 2. The fourth-order valence-corrected chi connectivity index (χ4v) is 2.78. The Bertz CT molecular complexity index is 734. The van der Waals surface area contributed by atoms with Crippen LogP contribution in [-0.2, 0) is 11.3 Å². The van der Waals surface area contributed by atoms with Crippen LogP contribution < -0.4 is 15.4 Å². The van der Waals surface area contributed by atoms with E-state index in [1.165, 1.54) is 4.90 Å². The van der Waals surface area contributed by atoms with E-state index in [1.54, 1.807) is 36.0 Å². The van der Waals surface area contributed by atoms with Gasteiger partial charge < -0.3 is 14.8 Å². The Balaban J connectivity index is 1.76. The molecule has 0 saturated heterocycles. The molecule has 0 atom stereocenters. The van der Waals surface area contributed by atoms with Gasteiger partial charge in [0.2, 0.25) is 0 Å². The molecule has 2 aromatic rings. The third-order valence-corrected chi connectivity index (χ3v) is 4.65. The molecule has 0 aromatic heterocycles. The Morgan fingerprint density at radius 3 is 2.41 bits per heavy atom. The first-order valence-electron chi connectivity index (χ1n) is 8.65. The summed E-state index contributed by atoms with van der Waals surface area (Å²) in [5, 5.41) is 6.02. The maximum absolute atomic E-state index is 12.3. The monoisotopic (exact) mass is 404 g/mol. The molecule has 0 aliphatic carbocycles. The third-order valence-electron chi connectivity index (χ3n) is 3.66. The molecular weight excluding hydrogens is 380 g/mol. The van der Waals surface area contributed by atoms with Gasteiger partial charge in [-0.15, -0.1) is 11.8 Å². The zero-order chi connectivity index (χ0) is 19.5. The van der Waals surface area contributed by atoms with Gasteiger partial charge in [0.25, 0.3) is 5.91 Å². The van der Waals surface area contributed by atoms with Gasteiger partial charge in [0, 0.05) is 23.6 Å². The molecule has 0 aliphatic heterocycles. The lowest BCUT2D eigenvalue weighted by molar-refractivity contribution is 0.0976. The predicted octanol–water partition coefficient (Wildman–Crippen LogP) is 3.63. The number of benzene rings is 2. The van der Waals surface area contributed by atoms with Crippen molar-refractivity contribution in [2.24, 2.45) is 0 Å². The first-order chi connectivity index (χ1) is 13.1. The smallest absolute Gasteiger partial charge is 0.257 e. The molecule has 0 heterocycles. The summed E-state index contributed by atoms with van der Waals surface area (Å²) in [6.45, 7) is 4.18. The van der Waals surface area contributed by atoms with E-state index in [2.05, 4.69) is 22.8 Å². The van der Waals surface area contributed by atoms with Crippen molar-refractivity contribution in [2.75, 3.05) is 26.1 Å². The number of nitrogens with one attached hydrogen (secondary N) is 2. The fraction of sp³-hybridized carbons (Fsp3) is 0.300. The van der Waals surface area contributed by atoms with E-state index >= 15 is 0 Å². The van der Waals surface area contributed by atoms with Gasteiger partial charge in [-0.2, -0.15) is 0 Å². The second-order valence-electron chi connectivity index (χ2n) is 5.55. The van der Waals surface area contributed by atoms with Gasteiger partial charge in [-0.05, 0) is 67.4 Å². The van der Waals surface area contributed by atoms with Crippen molar-refractivity contribution in [1.29, 1.82) is 0 Å². The van der Waals surface area contributed by atoms with Gasteiger partial charge in [-0.1, -0.05) is 12.1 Å². The van der Waals surface area contributed by atoms with Gasteiger partial charge in [0.1, 0.15) is 12.4 Å². The van der Waals surface area contributed by atoms with E-state index in [0.717, 1.165) is 5.56 Å². The number of thiocarbonyl (C=S) groups is 1. The predicted molar refractivity (Wildman–Crippen MR) is 114 cm³/mol. The summed E-state index contributed by atoms with van der Waals surface area (Å²) in [6.07, 6.45) is 2.04. The average molecular weight is 405 g/mol. The number of rotatable bonds is 9. The lowest BCUT2D eigenvalue weighted by Gasteiger charge is -2.11. The fourth-order valence-electron chi connectivity index (χ4n) is 2.21. The van der Waals surface area contributed by atoms with Crippen LogP contribution in [0.5, 0.6) is 5.75 Å². The van der Waals surface area contributed by atoms with Gasteiger partial charge in [0.15, 0.2) is 5.11 Å². The van der Waals surface area contributed by atoms with Crippen molar-refractivity contribution in [3.63, 3.8) is 0 Å². The van der Waals surface area contributed by atoms with Crippen LogP contribution in [0.1, 0.15) is 22.8 Å². The van der Waals surface area contributed by atoms with Crippen LogP contribution in [0.2, 0.25) is 0 Å². The topological polar surface area (TPSA) is 59.6 Å². The Hall–Kier alpha value is -2.09. The van der Waals surface area contributed by atoms with Gasteiger partial charge >= 0.3 is 0 Å². The molecule has 0 saturated carbocycles. The van der Waals surface area contributed by atoms with Crippen LogP contribution in [0.4, 0.5) is 0 Å². The molecule has 144 valence electrons. The van der Waals surface area contributed by atoms with Crippen LogP contribution in [-0.4, -0.2) is 37.1 Å². The number of hydrogen-bond acceptors (Lipinski definition) is 5. The zero-order valence-electron chi connectivity index (χ0n) is 15.5. The van der Waals surface area contributed by atoms with Crippen LogP contribution >= 0.6 is 24.0 Å². The van der Waals surface area contributed by atoms with Gasteiger partial charge in [0.05, 0.1) is 6.61 Å². The maximum Gasteiger partial charge on any atom is 0.257 e. The molecule has 0 aliphatic rings. The highest BCUT2D eigenvalue weighted by molar-refractivity contribution is 7.98. The standard InChI is InChI=1S/C20H24N2O3S2/c1-3-24-12-13-25-17-8-6-16(7-9-17)19(23)22-20(26)21-14-15-4-10-18(27-2)11-5-15/h4-11H,3,12-14H2,1-2H3,(H2,21,22,23,26). The summed E-state index contributed by atoms with van der Waals surface area (Å²) in [5.41, 5.74) is 1.61. The van der Waals surface area contributed by atoms with E-state index in [4.69, 9.17) is 21.7 Å². The molecule has 0 bridgehead atoms. The van der Waals surface area contributed by atoms with E-state index in [1.807, 2.05) is 25.3 Å². The first-order valence-corrected chi connectivity index (χ1v) is 10.3. The molecule has 2 aromatic carbocycles. The number of ether oxygens (including phenoxy) is 2. The second-order valence-corrected chi connectivity index (χ2v) is 6.84. The molecule has 2 N–H and O–H groups in total. The summed E-state index contributed by atoms with van der Waals surface area (Å²) in [6, 6.07) is 15.1. The number of carbonyl (C=O) groups excluding carboxylic acids is 1. The largest absolute Gasteiger partial charge is 0.491 e. The minimum absolute atomic E-state index is 0.258. The molecular formula is C20H24N2O3S2. The molecule has 5 nitrogen and oxygen atoms in total. The maximum atomic E-state index is 12.3. The highest BCUT2D eigenvalue weighted by atomic mass is 32.2. The molecule has 0 radical (unpaired) electrons. The Morgan fingerprint density at radius 2 is 1.78 bits per heavy atom. The van der Waals surface area contributed by atoms with Crippen molar-refractivity contribution in [1.82, 2.24) is 10.6 Å². The molecule has 2 rings (SSSR count). The summed E-state index contributed by atoms with van der Waals surface area (Å²) >= 11 is 6.90. The number of thioether (sulfide) groups is 1. The second kappa shape index (κ2) is 11.6. The van der Waals surface area contributed by atoms with Gasteiger partial charge in [-0.25, -0.2) is 0 Å². The first kappa shape index (κ1) is 21.2. The quantitative estimate of drug-likeness (QED) is 0.378. The molecule has 27 heavy (non-hydrogen) atoms. The van der Waals surface area contributed by atoms with E-state index in [9.17, 15) is 4.79 Å². The highest BCUT2D eigenvalue weighted by Crippen LogP contribution is 2.15. The van der Waals surface area contributed by atoms with Crippen LogP contribution in [0.15, 0.2) is 53.4 Å². The number of amides is 1. The summed E-state index contributed by atoms with van der Waals surface area (Å²) in [5.74, 6) is 0.437. The van der Waals surface area contributed by atoms with Crippen LogP contribution in [0.3, 0.4) is 0 Å². The van der Waals surface area contributed by atoms with Crippen molar-refractivity contribution in [3.8, 4) is 5.75 Å². The number of carbonyl (C=O) groups is 1. The van der Waals surface area contributed by atoms with Crippen LogP contribution in [0.25, 0.3) is 0 Å². The van der Waals surface area contributed by atoms with Gasteiger partial charge in [-0.3, -0.25) is 10.1 Å². The Labute approximate surface area is 169 Å². The van der Waals surface area contributed by atoms with Crippen molar-refractivity contribution < 1.29 is 14.3 Å². The zero-order valence-corrected chi connectivity index (χ0v) is 17.1. The SMILES string of the molecule is CCOCCOc1ccc(C(=O)NC(=S)NCc2ccc(SC)cc2)cc1. The molecule has 7 heteroatoms. The minimum atomic E-state index is -0.258.